The van der Waals surface area contributed by atoms with E-state index in [1.807, 2.05) is 43.3 Å². The quantitative estimate of drug-likeness (QED) is 0.603. The van der Waals surface area contributed by atoms with Crippen molar-refractivity contribution >= 4 is 39.5 Å². The van der Waals surface area contributed by atoms with Crippen LogP contribution in [0.5, 0.6) is 0 Å². The number of para-hydroxylation sites is 3. The second-order valence-corrected chi connectivity index (χ2v) is 5.62. The van der Waals surface area contributed by atoms with Crippen molar-refractivity contribution in [2.75, 3.05) is 5.43 Å². The zero-order valence-electron chi connectivity index (χ0n) is 12.2. The number of aryl methyl sites for hydroxylation is 1. The van der Waals surface area contributed by atoms with Crippen LogP contribution in [0, 0.1) is 6.92 Å². The van der Waals surface area contributed by atoms with Crippen LogP contribution in [0.3, 0.4) is 0 Å². The van der Waals surface area contributed by atoms with Gasteiger partial charge in [0, 0.05) is 10.9 Å². The second-order valence-electron chi connectivity index (χ2n) is 5.22. The van der Waals surface area contributed by atoms with Crippen molar-refractivity contribution in [3.05, 3.63) is 65.1 Å². The molecular formula is C17H12ClN3O2. The van der Waals surface area contributed by atoms with Gasteiger partial charge in [0.2, 0.25) is 0 Å². The molecule has 0 saturated heterocycles. The maximum Gasteiger partial charge on any atom is 0.306 e. The molecule has 23 heavy (non-hydrogen) atoms. The SMILES string of the molecule is Cc1c(C(=O)Nn2cnc3ccccc32)oc2c(Cl)cccc12. The van der Waals surface area contributed by atoms with Crippen molar-refractivity contribution in [1.29, 1.82) is 0 Å². The molecule has 2 aromatic carbocycles. The lowest BCUT2D eigenvalue weighted by atomic mass is 10.1. The highest BCUT2D eigenvalue weighted by Gasteiger charge is 2.19. The molecule has 2 aromatic heterocycles. The van der Waals surface area contributed by atoms with Crippen LogP contribution in [0.1, 0.15) is 16.1 Å². The van der Waals surface area contributed by atoms with Crippen LogP contribution in [0.4, 0.5) is 0 Å². The first-order valence-corrected chi connectivity index (χ1v) is 7.44. The van der Waals surface area contributed by atoms with Gasteiger partial charge >= 0.3 is 5.91 Å². The zero-order chi connectivity index (χ0) is 16.0. The zero-order valence-corrected chi connectivity index (χ0v) is 13.0. The van der Waals surface area contributed by atoms with Crippen LogP contribution in [-0.2, 0) is 0 Å². The van der Waals surface area contributed by atoms with Crippen molar-refractivity contribution in [3.8, 4) is 0 Å². The van der Waals surface area contributed by atoms with Gasteiger partial charge in [0.1, 0.15) is 6.33 Å². The molecule has 0 radical (unpaired) electrons. The van der Waals surface area contributed by atoms with E-state index in [4.69, 9.17) is 16.0 Å². The summed E-state index contributed by atoms with van der Waals surface area (Å²) in [7, 11) is 0. The van der Waals surface area contributed by atoms with Gasteiger partial charge in [-0.2, -0.15) is 0 Å². The predicted molar refractivity (Wildman–Crippen MR) is 89.4 cm³/mol. The summed E-state index contributed by atoms with van der Waals surface area (Å²) in [5.41, 5.74) is 5.67. The van der Waals surface area contributed by atoms with Gasteiger partial charge in [-0.3, -0.25) is 10.2 Å². The molecule has 0 aliphatic rings. The number of rotatable bonds is 2. The molecule has 1 amide bonds. The van der Waals surface area contributed by atoms with Gasteiger partial charge < -0.3 is 4.42 Å². The lowest BCUT2D eigenvalue weighted by Gasteiger charge is -2.05. The maximum atomic E-state index is 12.6. The van der Waals surface area contributed by atoms with E-state index in [1.54, 1.807) is 17.1 Å². The number of fused-ring (bicyclic) bond motifs is 2. The highest BCUT2D eigenvalue weighted by atomic mass is 35.5. The number of nitrogens with one attached hydrogen (secondary N) is 1. The first-order valence-electron chi connectivity index (χ1n) is 7.06. The summed E-state index contributed by atoms with van der Waals surface area (Å²) in [5.74, 6) is -0.108. The number of carbonyl (C=O) groups excluding carboxylic acids is 1. The van der Waals surface area contributed by atoms with Crippen molar-refractivity contribution in [1.82, 2.24) is 9.66 Å². The molecule has 1 N–H and O–H groups in total. The molecule has 0 saturated carbocycles. The Morgan fingerprint density at radius 2 is 2.04 bits per heavy atom. The highest BCUT2D eigenvalue weighted by molar-refractivity contribution is 6.35. The topological polar surface area (TPSA) is 60.1 Å². The largest absolute Gasteiger partial charge is 0.449 e. The molecule has 5 nitrogen and oxygen atoms in total. The molecule has 0 fully saturated rings. The average molecular weight is 326 g/mol. The summed E-state index contributed by atoms with van der Waals surface area (Å²) in [6.45, 7) is 1.84. The minimum absolute atomic E-state index is 0.242. The summed E-state index contributed by atoms with van der Waals surface area (Å²) in [6.07, 6.45) is 1.56. The molecule has 114 valence electrons. The fraction of sp³-hybridized carbons (Fsp3) is 0.0588. The Morgan fingerprint density at radius 1 is 1.22 bits per heavy atom. The smallest absolute Gasteiger partial charge is 0.306 e. The van der Waals surface area contributed by atoms with E-state index >= 15 is 0 Å². The van der Waals surface area contributed by atoms with Gasteiger partial charge in [-0.25, -0.2) is 9.66 Å². The minimum Gasteiger partial charge on any atom is -0.449 e. The number of hydrogen-bond acceptors (Lipinski definition) is 3. The lowest BCUT2D eigenvalue weighted by Crippen LogP contribution is -2.22. The Hall–Kier alpha value is -2.79. The summed E-state index contributed by atoms with van der Waals surface area (Å²) in [6, 6.07) is 13.0. The number of benzene rings is 2. The van der Waals surface area contributed by atoms with Crippen molar-refractivity contribution in [2.45, 2.75) is 6.92 Å². The molecule has 0 spiro atoms. The normalized spacial score (nSPS) is 11.2. The maximum absolute atomic E-state index is 12.6. The molecule has 4 rings (SSSR count). The summed E-state index contributed by atoms with van der Waals surface area (Å²) >= 11 is 6.13. The standard InChI is InChI=1S/C17H12ClN3O2/c1-10-11-5-4-6-12(18)16(11)23-15(10)17(22)20-21-9-19-13-7-2-3-8-14(13)21/h2-9H,1H3,(H,20,22). The van der Waals surface area contributed by atoms with Gasteiger partial charge in [0.25, 0.3) is 0 Å². The fourth-order valence-corrected chi connectivity index (χ4v) is 2.85. The average Bonchev–Trinajstić information content (AvgIpc) is 3.11. The monoisotopic (exact) mass is 325 g/mol. The van der Waals surface area contributed by atoms with E-state index in [0.29, 0.717) is 10.6 Å². The third kappa shape index (κ3) is 2.17. The highest BCUT2D eigenvalue weighted by Crippen LogP contribution is 2.30. The number of halogens is 1. The second kappa shape index (κ2) is 5.14. The Bertz CT molecular complexity index is 1050. The van der Waals surface area contributed by atoms with Crippen LogP contribution < -0.4 is 5.43 Å². The third-order valence-corrected chi connectivity index (χ3v) is 4.10. The Kier molecular flexibility index (Phi) is 3.09. The molecule has 0 atom stereocenters. The van der Waals surface area contributed by atoms with Gasteiger partial charge in [-0.15, -0.1) is 0 Å². The van der Waals surface area contributed by atoms with E-state index in [2.05, 4.69) is 10.4 Å². The molecule has 6 heteroatoms. The van der Waals surface area contributed by atoms with Crippen LogP contribution in [-0.4, -0.2) is 15.6 Å². The van der Waals surface area contributed by atoms with E-state index in [-0.39, 0.29) is 11.7 Å². The predicted octanol–water partition coefficient (Wildman–Crippen LogP) is 4.13. The number of imidazole rings is 1. The number of nitrogens with zero attached hydrogens (tertiary/aromatic N) is 2. The minimum atomic E-state index is -0.349. The Labute approximate surface area is 136 Å². The van der Waals surface area contributed by atoms with Gasteiger partial charge in [-0.1, -0.05) is 35.9 Å². The Morgan fingerprint density at radius 3 is 2.87 bits per heavy atom. The molecule has 2 heterocycles. The number of furan rings is 1. The number of aromatic nitrogens is 2. The summed E-state index contributed by atoms with van der Waals surface area (Å²) in [5, 5.41) is 1.32. The number of amides is 1. The summed E-state index contributed by atoms with van der Waals surface area (Å²) in [4.78, 5) is 16.8. The molecule has 0 bridgehead atoms. The molecule has 4 aromatic rings. The first kappa shape index (κ1) is 13.8. The molecule has 0 unspecified atom stereocenters. The van der Waals surface area contributed by atoms with Crippen LogP contribution in [0.15, 0.2) is 53.2 Å². The van der Waals surface area contributed by atoms with Gasteiger partial charge in [0.05, 0.1) is 16.1 Å². The lowest BCUT2D eigenvalue weighted by molar-refractivity contribution is 0.0983. The third-order valence-electron chi connectivity index (χ3n) is 3.80. The molecule has 0 aliphatic heterocycles. The van der Waals surface area contributed by atoms with Gasteiger partial charge in [-0.05, 0) is 25.1 Å². The van der Waals surface area contributed by atoms with Crippen molar-refractivity contribution < 1.29 is 9.21 Å². The number of carbonyl (C=O) groups is 1. The van der Waals surface area contributed by atoms with E-state index in [1.165, 1.54) is 0 Å². The Balaban J connectivity index is 1.75. The molecule has 0 aliphatic carbocycles. The van der Waals surface area contributed by atoms with Crippen LogP contribution in [0.2, 0.25) is 5.02 Å². The number of hydrogen-bond donors (Lipinski definition) is 1. The van der Waals surface area contributed by atoms with Crippen molar-refractivity contribution in [2.24, 2.45) is 0 Å². The fourth-order valence-electron chi connectivity index (χ4n) is 2.63. The van der Waals surface area contributed by atoms with E-state index in [0.717, 1.165) is 22.0 Å². The van der Waals surface area contributed by atoms with Crippen molar-refractivity contribution in [3.63, 3.8) is 0 Å². The summed E-state index contributed by atoms with van der Waals surface area (Å²) < 4.78 is 7.25. The van der Waals surface area contributed by atoms with Crippen LogP contribution >= 0.6 is 11.6 Å². The first-order chi connectivity index (χ1) is 11.1. The van der Waals surface area contributed by atoms with E-state index in [9.17, 15) is 4.79 Å². The van der Waals surface area contributed by atoms with E-state index < -0.39 is 0 Å². The van der Waals surface area contributed by atoms with Gasteiger partial charge in [0.15, 0.2) is 11.3 Å². The van der Waals surface area contributed by atoms with Crippen LogP contribution in [0.25, 0.3) is 22.0 Å². The molecular weight excluding hydrogens is 314 g/mol.